The Labute approximate surface area is 85.3 Å². The van der Waals surface area contributed by atoms with E-state index in [1.54, 1.807) is 6.07 Å². The first kappa shape index (κ1) is 8.11. The van der Waals surface area contributed by atoms with Gasteiger partial charge in [-0.1, -0.05) is 12.1 Å². The molecule has 2 heterocycles. The highest BCUT2D eigenvalue weighted by atomic mass is 16.1. The Bertz CT molecular complexity index is 663. The summed E-state index contributed by atoms with van der Waals surface area (Å²) in [5.41, 5.74) is 7.73. The third-order valence-electron chi connectivity index (χ3n) is 2.58. The molecule has 0 fully saturated rings. The number of para-hydroxylation sites is 1. The number of H-pyrrole nitrogens is 1. The van der Waals surface area contributed by atoms with Crippen molar-refractivity contribution in [2.45, 2.75) is 0 Å². The number of nitrogens with one attached hydrogen (secondary N) is 1. The van der Waals surface area contributed by atoms with Crippen LogP contribution in [0.5, 0.6) is 0 Å². The maximum atomic E-state index is 11.3. The number of fused-ring (bicyclic) bond motifs is 3. The SMILES string of the molecule is NC(=O)c1cccc2cc3cc[nH]n3c12. The number of hydrogen-bond donors (Lipinski definition) is 2. The summed E-state index contributed by atoms with van der Waals surface area (Å²) in [6, 6.07) is 9.49. The van der Waals surface area contributed by atoms with E-state index in [0.717, 1.165) is 16.4 Å². The van der Waals surface area contributed by atoms with Crippen LogP contribution >= 0.6 is 0 Å². The molecule has 0 bridgehead atoms. The summed E-state index contributed by atoms with van der Waals surface area (Å²) in [6.45, 7) is 0. The predicted molar refractivity (Wildman–Crippen MR) is 57.8 cm³/mol. The average molecular weight is 199 g/mol. The van der Waals surface area contributed by atoms with E-state index in [2.05, 4.69) is 5.10 Å². The monoisotopic (exact) mass is 199 g/mol. The normalized spacial score (nSPS) is 11.2. The molecule has 0 spiro atoms. The molecule has 3 N–H and O–H groups in total. The second kappa shape index (κ2) is 2.63. The number of benzene rings is 1. The van der Waals surface area contributed by atoms with Crippen molar-refractivity contribution in [3.8, 4) is 0 Å². The second-order valence-corrected chi connectivity index (χ2v) is 3.47. The van der Waals surface area contributed by atoms with Gasteiger partial charge in [-0.2, -0.15) is 0 Å². The van der Waals surface area contributed by atoms with Gasteiger partial charge in [-0.15, -0.1) is 0 Å². The third-order valence-corrected chi connectivity index (χ3v) is 2.58. The molecule has 4 nitrogen and oxygen atoms in total. The highest BCUT2D eigenvalue weighted by molar-refractivity contribution is 6.06. The molecular weight excluding hydrogens is 190 g/mol. The van der Waals surface area contributed by atoms with Crippen LogP contribution in [0.15, 0.2) is 36.5 Å². The minimum Gasteiger partial charge on any atom is -0.366 e. The summed E-state index contributed by atoms with van der Waals surface area (Å²) in [7, 11) is 0. The molecule has 4 heteroatoms. The predicted octanol–water partition coefficient (Wildman–Crippen LogP) is 1.52. The Morgan fingerprint density at radius 2 is 2.20 bits per heavy atom. The molecule has 2 aromatic heterocycles. The lowest BCUT2D eigenvalue weighted by Crippen LogP contribution is -2.12. The van der Waals surface area contributed by atoms with Gasteiger partial charge in [0, 0.05) is 11.6 Å². The first-order valence-electron chi connectivity index (χ1n) is 4.65. The van der Waals surface area contributed by atoms with Crippen molar-refractivity contribution in [3.63, 3.8) is 0 Å². The topological polar surface area (TPSA) is 63.3 Å². The van der Waals surface area contributed by atoms with E-state index < -0.39 is 5.91 Å². The lowest BCUT2D eigenvalue weighted by molar-refractivity contribution is 0.100. The number of carbonyl (C=O) groups is 1. The lowest BCUT2D eigenvalue weighted by Gasteiger charge is -1.99. The summed E-state index contributed by atoms with van der Waals surface area (Å²) in [4.78, 5) is 11.3. The number of hydrogen-bond acceptors (Lipinski definition) is 1. The third kappa shape index (κ3) is 0.985. The fourth-order valence-electron chi connectivity index (χ4n) is 1.94. The van der Waals surface area contributed by atoms with Crippen LogP contribution in [-0.2, 0) is 0 Å². The van der Waals surface area contributed by atoms with Crippen molar-refractivity contribution in [1.82, 2.24) is 9.61 Å². The molecule has 3 rings (SSSR count). The van der Waals surface area contributed by atoms with E-state index in [4.69, 9.17) is 5.73 Å². The average Bonchev–Trinajstić information content (AvgIpc) is 2.75. The minimum absolute atomic E-state index is 0.407. The zero-order valence-corrected chi connectivity index (χ0v) is 7.90. The lowest BCUT2D eigenvalue weighted by atomic mass is 10.1. The van der Waals surface area contributed by atoms with E-state index in [1.807, 2.05) is 35.0 Å². The molecule has 0 aliphatic heterocycles. The van der Waals surface area contributed by atoms with Crippen LogP contribution in [0.1, 0.15) is 10.4 Å². The summed E-state index contributed by atoms with van der Waals surface area (Å²) in [5, 5.41) is 4.06. The summed E-state index contributed by atoms with van der Waals surface area (Å²) < 4.78 is 1.86. The van der Waals surface area contributed by atoms with Gasteiger partial charge in [0.15, 0.2) is 0 Å². The minimum atomic E-state index is -0.407. The van der Waals surface area contributed by atoms with Crippen LogP contribution in [-0.4, -0.2) is 15.5 Å². The van der Waals surface area contributed by atoms with Gasteiger partial charge in [-0.25, -0.2) is 0 Å². The van der Waals surface area contributed by atoms with Gasteiger partial charge >= 0.3 is 0 Å². The molecule has 1 aromatic carbocycles. The Morgan fingerprint density at radius 3 is 3.00 bits per heavy atom. The number of nitrogens with zero attached hydrogens (tertiary/aromatic N) is 1. The van der Waals surface area contributed by atoms with Crippen LogP contribution in [0.4, 0.5) is 0 Å². The van der Waals surface area contributed by atoms with Crippen LogP contribution in [0.25, 0.3) is 16.4 Å². The molecule has 74 valence electrons. The molecule has 0 saturated carbocycles. The number of rotatable bonds is 1. The smallest absolute Gasteiger partial charge is 0.250 e. The van der Waals surface area contributed by atoms with Crippen molar-refractivity contribution < 1.29 is 4.79 Å². The summed E-state index contributed by atoms with van der Waals surface area (Å²) in [6.07, 6.45) is 1.83. The fraction of sp³-hybridized carbons (Fsp3) is 0. The Balaban J connectivity index is 2.58. The summed E-state index contributed by atoms with van der Waals surface area (Å²) in [5.74, 6) is -0.407. The van der Waals surface area contributed by atoms with Crippen LogP contribution in [0, 0.1) is 0 Å². The van der Waals surface area contributed by atoms with Gasteiger partial charge in [0.2, 0.25) is 0 Å². The van der Waals surface area contributed by atoms with Crippen LogP contribution < -0.4 is 5.73 Å². The molecule has 0 aliphatic rings. The molecule has 1 amide bonds. The summed E-state index contributed by atoms with van der Waals surface area (Å²) >= 11 is 0. The quantitative estimate of drug-likeness (QED) is 0.613. The van der Waals surface area contributed by atoms with Crippen molar-refractivity contribution in [1.29, 1.82) is 0 Å². The van der Waals surface area contributed by atoms with E-state index in [0.29, 0.717) is 5.56 Å². The molecule has 0 atom stereocenters. The molecule has 0 saturated heterocycles. The van der Waals surface area contributed by atoms with Crippen molar-refractivity contribution >= 4 is 22.3 Å². The maximum absolute atomic E-state index is 11.3. The second-order valence-electron chi connectivity index (χ2n) is 3.47. The zero-order valence-electron chi connectivity index (χ0n) is 7.90. The fourth-order valence-corrected chi connectivity index (χ4v) is 1.94. The molecule has 0 unspecified atom stereocenters. The molecule has 0 radical (unpaired) electrons. The van der Waals surface area contributed by atoms with Gasteiger partial charge in [0.05, 0.1) is 16.6 Å². The van der Waals surface area contributed by atoms with Crippen molar-refractivity contribution in [2.75, 3.05) is 0 Å². The highest BCUT2D eigenvalue weighted by Crippen LogP contribution is 2.22. The Morgan fingerprint density at radius 1 is 1.33 bits per heavy atom. The Kier molecular flexibility index (Phi) is 1.42. The molecular formula is C11H9N3O. The van der Waals surface area contributed by atoms with Crippen molar-refractivity contribution in [3.05, 3.63) is 42.1 Å². The van der Waals surface area contributed by atoms with Crippen molar-refractivity contribution in [2.24, 2.45) is 5.73 Å². The largest absolute Gasteiger partial charge is 0.366 e. The van der Waals surface area contributed by atoms with Gasteiger partial charge < -0.3 is 10.8 Å². The number of nitrogens with two attached hydrogens (primary N) is 1. The standard InChI is InChI=1S/C11H9N3O/c12-11(15)9-3-1-2-7-6-8-4-5-13-14(8)10(7)9/h1-6,13H,(H2,12,15). The molecule has 15 heavy (non-hydrogen) atoms. The van der Waals surface area contributed by atoms with Crippen LogP contribution in [0.3, 0.4) is 0 Å². The number of aromatic amines is 1. The van der Waals surface area contributed by atoms with Gasteiger partial charge in [0.1, 0.15) is 0 Å². The molecule has 3 aromatic rings. The molecule has 0 aliphatic carbocycles. The van der Waals surface area contributed by atoms with Gasteiger partial charge in [0.25, 0.3) is 5.91 Å². The van der Waals surface area contributed by atoms with Crippen LogP contribution in [0.2, 0.25) is 0 Å². The van der Waals surface area contributed by atoms with E-state index in [-0.39, 0.29) is 0 Å². The maximum Gasteiger partial charge on any atom is 0.250 e. The first-order valence-corrected chi connectivity index (χ1v) is 4.65. The first-order chi connectivity index (χ1) is 7.27. The Hall–Kier alpha value is -2.23. The van der Waals surface area contributed by atoms with Gasteiger partial charge in [-0.3, -0.25) is 9.31 Å². The number of aromatic nitrogens is 2. The number of amides is 1. The van der Waals surface area contributed by atoms with Gasteiger partial charge in [-0.05, 0) is 18.2 Å². The zero-order chi connectivity index (χ0) is 10.4. The number of primary amides is 1. The van der Waals surface area contributed by atoms with E-state index in [9.17, 15) is 4.79 Å². The van der Waals surface area contributed by atoms with E-state index in [1.165, 1.54) is 0 Å². The number of carbonyl (C=O) groups excluding carboxylic acids is 1. The van der Waals surface area contributed by atoms with E-state index >= 15 is 0 Å². The highest BCUT2D eigenvalue weighted by Gasteiger charge is 2.11.